The van der Waals surface area contributed by atoms with Crippen molar-refractivity contribution in [3.63, 3.8) is 0 Å². The van der Waals surface area contributed by atoms with E-state index in [-0.39, 0.29) is 11.3 Å². The van der Waals surface area contributed by atoms with E-state index in [9.17, 15) is 4.21 Å². The highest BCUT2D eigenvalue weighted by atomic mass is 32.2. The molecule has 0 bridgehead atoms. The first-order valence-electron chi connectivity index (χ1n) is 10.4. The lowest BCUT2D eigenvalue weighted by molar-refractivity contribution is 0.413. The van der Waals surface area contributed by atoms with Gasteiger partial charge in [0.15, 0.2) is 11.8 Å². The molecule has 2 aromatic rings. The van der Waals surface area contributed by atoms with Crippen LogP contribution in [-0.4, -0.2) is 42.0 Å². The number of hydrogen-bond acceptors (Lipinski definition) is 4. The third-order valence-corrected chi connectivity index (χ3v) is 7.22. The summed E-state index contributed by atoms with van der Waals surface area (Å²) in [6.45, 7) is 5.10. The van der Waals surface area contributed by atoms with Gasteiger partial charge in [-0.05, 0) is 31.7 Å². The Hall–Kier alpha value is -2.22. The van der Waals surface area contributed by atoms with Crippen molar-refractivity contribution in [1.29, 1.82) is 0 Å². The monoisotopic (exact) mass is 416 g/mol. The summed E-state index contributed by atoms with van der Waals surface area (Å²) in [7, 11) is 1.23. The Kier molecular flexibility index (Phi) is 7.80. The molecule has 2 N–H and O–H groups in total. The fourth-order valence-corrected chi connectivity index (χ4v) is 4.97. The van der Waals surface area contributed by atoms with Gasteiger partial charge in [-0.15, -0.1) is 10.2 Å². The molecule has 1 aliphatic carbocycles. The summed E-state index contributed by atoms with van der Waals surface area (Å²) in [5, 5.41) is 15.6. The molecular weight excluding hydrogens is 384 g/mol. The Bertz CT molecular complexity index is 835. The standard InChI is InChI=1S/C21H32N6OS/c1-4-29(28)19-12-8-11-18(13-19)24-21(22-14-17-9-6-5-7-10-17)23-15-20-26-25-16(2)27(20)3/h5-7,9-10,18-19H,4,8,11-15H2,1-3H3,(H2,22,23,24). The lowest BCUT2D eigenvalue weighted by atomic mass is 9.95. The van der Waals surface area contributed by atoms with E-state index in [1.54, 1.807) is 0 Å². The number of aryl methyl sites for hydroxylation is 1. The van der Waals surface area contributed by atoms with E-state index in [1.165, 1.54) is 0 Å². The summed E-state index contributed by atoms with van der Waals surface area (Å²) in [5.74, 6) is 3.25. The maximum Gasteiger partial charge on any atom is 0.192 e. The van der Waals surface area contributed by atoms with Crippen LogP contribution in [0.15, 0.2) is 35.3 Å². The molecule has 158 valence electrons. The summed E-state index contributed by atoms with van der Waals surface area (Å²) < 4.78 is 14.3. The summed E-state index contributed by atoms with van der Waals surface area (Å²) in [5.41, 5.74) is 1.16. The second-order valence-electron chi connectivity index (χ2n) is 7.53. The highest BCUT2D eigenvalue weighted by Gasteiger charge is 2.26. The third-order valence-electron chi connectivity index (χ3n) is 5.48. The number of rotatable bonds is 7. The summed E-state index contributed by atoms with van der Waals surface area (Å²) in [4.78, 5) is 4.79. The fraction of sp³-hybridized carbons (Fsp3) is 0.571. The molecule has 0 amide bonds. The van der Waals surface area contributed by atoms with Gasteiger partial charge in [0.05, 0.1) is 13.1 Å². The molecule has 1 fully saturated rings. The van der Waals surface area contributed by atoms with Crippen LogP contribution in [0.25, 0.3) is 0 Å². The quantitative estimate of drug-likeness (QED) is 0.535. The number of guanidine groups is 1. The number of benzene rings is 1. The molecule has 29 heavy (non-hydrogen) atoms. The lowest BCUT2D eigenvalue weighted by Gasteiger charge is -2.30. The number of aliphatic imine (C=N–C) groups is 1. The van der Waals surface area contributed by atoms with E-state index in [4.69, 9.17) is 4.99 Å². The molecule has 0 spiro atoms. The molecule has 0 saturated heterocycles. The minimum Gasteiger partial charge on any atom is -0.354 e. The van der Waals surface area contributed by atoms with E-state index in [0.29, 0.717) is 13.1 Å². The number of hydrogen-bond donors (Lipinski definition) is 2. The van der Waals surface area contributed by atoms with E-state index >= 15 is 0 Å². The molecule has 1 saturated carbocycles. The number of nitrogens with zero attached hydrogens (tertiary/aromatic N) is 4. The smallest absolute Gasteiger partial charge is 0.192 e. The molecule has 0 aliphatic heterocycles. The first-order valence-corrected chi connectivity index (χ1v) is 11.8. The molecule has 7 nitrogen and oxygen atoms in total. The van der Waals surface area contributed by atoms with Crippen molar-refractivity contribution < 1.29 is 4.21 Å². The van der Waals surface area contributed by atoms with Crippen molar-refractivity contribution in [1.82, 2.24) is 25.4 Å². The van der Waals surface area contributed by atoms with Gasteiger partial charge in [0.2, 0.25) is 0 Å². The van der Waals surface area contributed by atoms with Gasteiger partial charge in [-0.25, -0.2) is 4.99 Å². The fourth-order valence-electron chi connectivity index (χ4n) is 3.62. The second kappa shape index (κ2) is 10.5. The Morgan fingerprint density at radius 2 is 2.07 bits per heavy atom. The average Bonchev–Trinajstić information content (AvgIpc) is 3.08. The minimum atomic E-state index is -0.738. The zero-order valence-corrected chi connectivity index (χ0v) is 18.4. The van der Waals surface area contributed by atoms with Crippen molar-refractivity contribution in [2.75, 3.05) is 5.75 Å². The molecule has 1 aromatic carbocycles. The molecule has 3 rings (SSSR count). The summed E-state index contributed by atoms with van der Waals surface area (Å²) in [6, 6.07) is 10.5. The van der Waals surface area contributed by atoms with E-state index in [0.717, 1.165) is 54.6 Å². The zero-order valence-electron chi connectivity index (χ0n) is 17.6. The van der Waals surface area contributed by atoms with Gasteiger partial charge in [0.1, 0.15) is 5.82 Å². The zero-order chi connectivity index (χ0) is 20.6. The van der Waals surface area contributed by atoms with Gasteiger partial charge < -0.3 is 15.2 Å². The van der Waals surface area contributed by atoms with Crippen LogP contribution in [0.1, 0.15) is 49.8 Å². The molecule has 3 unspecified atom stereocenters. The van der Waals surface area contributed by atoms with Crippen molar-refractivity contribution in [3.05, 3.63) is 47.5 Å². The van der Waals surface area contributed by atoms with Gasteiger partial charge in [-0.1, -0.05) is 43.7 Å². The molecule has 1 heterocycles. The van der Waals surface area contributed by atoms with Crippen molar-refractivity contribution in [2.45, 2.75) is 63.9 Å². The van der Waals surface area contributed by atoms with E-state index in [1.807, 2.05) is 43.7 Å². The Balaban J connectivity index is 1.67. The molecule has 1 aliphatic rings. The van der Waals surface area contributed by atoms with Gasteiger partial charge in [0, 0.05) is 34.9 Å². The SMILES string of the molecule is CCS(=O)C1CCCC(NC(=NCc2ccccc2)NCc2nnc(C)n2C)C1. The van der Waals surface area contributed by atoms with Crippen LogP contribution in [-0.2, 0) is 30.9 Å². The van der Waals surface area contributed by atoms with Gasteiger partial charge in [-0.3, -0.25) is 4.21 Å². The molecule has 1 aromatic heterocycles. The topological polar surface area (TPSA) is 84.2 Å². The minimum absolute atomic E-state index is 0.281. The molecular formula is C21H32N6OS. The highest BCUT2D eigenvalue weighted by molar-refractivity contribution is 7.85. The van der Waals surface area contributed by atoms with Crippen LogP contribution in [0, 0.1) is 6.92 Å². The van der Waals surface area contributed by atoms with E-state index < -0.39 is 10.8 Å². The second-order valence-corrected chi connectivity index (χ2v) is 9.53. The summed E-state index contributed by atoms with van der Waals surface area (Å²) >= 11 is 0. The maximum atomic E-state index is 12.3. The molecule has 8 heteroatoms. The lowest BCUT2D eigenvalue weighted by Crippen LogP contribution is -2.46. The van der Waals surface area contributed by atoms with Gasteiger partial charge >= 0.3 is 0 Å². The van der Waals surface area contributed by atoms with Crippen LogP contribution in [0.3, 0.4) is 0 Å². The normalized spacial score (nSPS) is 21.0. The van der Waals surface area contributed by atoms with E-state index in [2.05, 4.69) is 33.0 Å². The van der Waals surface area contributed by atoms with Crippen LogP contribution >= 0.6 is 0 Å². The highest BCUT2D eigenvalue weighted by Crippen LogP contribution is 2.23. The average molecular weight is 417 g/mol. The predicted octanol–water partition coefficient (Wildman–Crippen LogP) is 2.44. The van der Waals surface area contributed by atoms with Crippen LogP contribution in [0.5, 0.6) is 0 Å². The van der Waals surface area contributed by atoms with Crippen molar-refractivity contribution in [3.8, 4) is 0 Å². The first-order chi connectivity index (χ1) is 14.1. The predicted molar refractivity (Wildman–Crippen MR) is 118 cm³/mol. The third kappa shape index (κ3) is 6.13. The first kappa shape index (κ1) is 21.5. The van der Waals surface area contributed by atoms with Crippen LogP contribution < -0.4 is 10.6 Å². The number of aromatic nitrogens is 3. The Morgan fingerprint density at radius 1 is 1.28 bits per heavy atom. The van der Waals surface area contributed by atoms with Crippen molar-refractivity contribution in [2.24, 2.45) is 12.0 Å². The van der Waals surface area contributed by atoms with Crippen LogP contribution in [0.2, 0.25) is 0 Å². The van der Waals surface area contributed by atoms with Gasteiger partial charge in [0.25, 0.3) is 0 Å². The molecule has 3 atom stereocenters. The van der Waals surface area contributed by atoms with Crippen molar-refractivity contribution >= 4 is 16.8 Å². The maximum absolute atomic E-state index is 12.3. The Morgan fingerprint density at radius 3 is 2.76 bits per heavy atom. The molecule has 0 radical (unpaired) electrons. The Labute approximate surface area is 175 Å². The largest absolute Gasteiger partial charge is 0.354 e. The summed E-state index contributed by atoms with van der Waals surface area (Å²) in [6.07, 6.45) is 4.16. The number of nitrogens with one attached hydrogen (secondary N) is 2. The van der Waals surface area contributed by atoms with Gasteiger partial charge in [-0.2, -0.15) is 0 Å². The van der Waals surface area contributed by atoms with Crippen LogP contribution in [0.4, 0.5) is 0 Å².